The molecule has 1 aliphatic rings. The maximum atomic E-state index is 4.98. The molecule has 3 rings (SSSR count). The zero-order valence-electron chi connectivity index (χ0n) is 19.2. The second-order valence-corrected chi connectivity index (χ2v) is 8.08. The number of H-pyrrole nitrogens is 1. The van der Waals surface area contributed by atoms with Gasteiger partial charge in [-0.1, -0.05) is 39.0 Å². The molecule has 168 valence electrons. The summed E-state index contributed by atoms with van der Waals surface area (Å²) in [5.41, 5.74) is 4.05. The molecule has 1 saturated heterocycles. The first-order chi connectivity index (χ1) is 14.2. The Morgan fingerprint density at radius 2 is 2.00 bits per heavy atom. The highest BCUT2D eigenvalue weighted by atomic mass is 127. The highest BCUT2D eigenvalue weighted by Crippen LogP contribution is 2.23. The molecule has 1 unspecified atom stereocenters. The molecular weight excluding hydrogens is 485 g/mol. The van der Waals surface area contributed by atoms with E-state index in [-0.39, 0.29) is 24.0 Å². The Morgan fingerprint density at radius 3 is 2.70 bits per heavy atom. The molecule has 1 aromatic carbocycles. The number of fused-ring (bicyclic) bond motifs is 1. The van der Waals surface area contributed by atoms with E-state index in [4.69, 9.17) is 4.99 Å². The van der Waals surface area contributed by atoms with Gasteiger partial charge in [-0.3, -0.25) is 4.99 Å². The van der Waals surface area contributed by atoms with Crippen LogP contribution in [0.2, 0.25) is 0 Å². The number of para-hydroxylation sites is 1. The third kappa shape index (κ3) is 6.13. The first kappa shape index (κ1) is 25.0. The quantitative estimate of drug-likeness (QED) is 0.288. The molecule has 0 aliphatic carbocycles. The number of aromatic amines is 1. The lowest BCUT2D eigenvalue weighted by Gasteiger charge is -2.24. The standard InChI is InChI=1S/C24H39N5.HI/c1-5-20-10-9-11-22-21(16-27-23(20)22)12-14-26-24(25-6-2)29-15-13-19(18-29)17-28(7-3)8-4;/h9-11,16,19,27H,5-8,12-15,17-18H2,1-4H3,(H,25,26);1H. The number of rotatable bonds is 9. The summed E-state index contributed by atoms with van der Waals surface area (Å²) in [5, 5.41) is 4.87. The number of aromatic nitrogens is 1. The monoisotopic (exact) mass is 525 g/mol. The topological polar surface area (TPSA) is 46.7 Å². The van der Waals surface area contributed by atoms with Crippen molar-refractivity contribution in [3.05, 3.63) is 35.5 Å². The van der Waals surface area contributed by atoms with E-state index in [0.717, 1.165) is 64.0 Å². The average molecular weight is 526 g/mol. The van der Waals surface area contributed by atoms with Crippen LogP contribution in [0.25, 0.3) is 10.9 Å². The number of guanidine groups is 1. The van der Waals surface area contributed by atoms with Gasteiger partial charge in [0.15, 0.2) is 5.96 Å². The Hall–Kier alpha value is -1.28. The van der Waals surface area contributed by atoms with E-state index < -0.39 is 0 Å². The summed E-state index contributed by atoms with van der Waals surface area (Å²) in [6, 6.07) is 6.62. The molecule has 0 saturated carbocycles. The second kappa shape index (κ2) is 12.5. The van der Waals surface area contributed by atoms with Crippen molar-refractivity contribution >= 4 is 40.8 Å². The number of benzene rings is 1. The van der Waals surface area contributed by atoms with Crippen LogP contribution in [0.5, 0.6) is 0 Å². The van der Waals surface area contributed by atoms with E-state index >= 15 is 0 Å². The van der Waals surface area contributed by atoms with Crippen LogP contribution in [0.4, 0.5) is 0 Å². The Bertz CT molecular complexity index is 796. The number of halogens is 1. The van der Waals surface area contributed by atoms with Crippen LogP contribution in [0, 0.1) is 5.92 Å². The molecule has 1 aliphatic heterocycles. The summed E-state index contributed by atoms with van der Waals surface area (Å²) in [4.78, 5) is 13.5. The lowest BCUT2D eigenvalue weighted by Crippen LogP contribution is -2.41. The van der Waals surface area contributed by atoms with Crippen LogP contribution in [-0.2, 0) is 12.8 Å². The van der Waals surface area contributed by atoms with Crippen molar-refractivity contribution in [3.8, 4) is 0 Å². The molecule has 1 atom stereocenters. The Balaban J connectivity index is 0.00000320. The van der Waals surface area contributed by atoms with Gasteiger partial charge in [-0.25, -0.2) is 0 Å². The third-order valence-electron chi connectivity index (χ3n) is 6.24. The molecule has 0 spiro atoms. The molecule has 30 heavy (non-hydrogen) atoms. The van der Waals surface area contributed by atoms with Crippen molar-refractivity contribution in [2.45, 2.75) is 47.0 Å². The molecular formula is C24H40IN5. The van der Waals surface area contributed by atoms with Crippen molar-refractivity contribution < 1.29 is 0 Å². The maximum absolute atomic E-state index is 4.98. The van der Waals surface area contributed by atoms with Crippen molar-refractivity contribution in [3.63, 3.8) is 0 Å². The lowest BCUT2D eigenvalue weighted by molar-refractivity contribution is 0.255. The molecule has 2 aromatic rings. The Morgan fingerprint density at radius 1 is 1.20 bits per heavy atom. The lowest BCUT2D eigenvalue weighted by atomic mass is 10.1. The maximum Gasteiger partial charge on any atom is 0.193 e. The third-order valence-corrected chi connectivity index (χ3v) is 6.24. The van der Waals surface area contributed by atoms with Crippen LogP contribution in [0.15, 0.2) is 29.4 Å². The number of aryl methyl sites for hydroxylation is 1. The zero-order chi connectivity index (χ0) is 20.6. The predicted molar refractivity (Wildman–Crippen MR) is 140 cm³/mol. The highest BCUT2D eigenvalue weighted by molar-refractivity contribution is 14.0. The molecule has 0 bridgehead atoms. The molecule has 6 heteroatoms. The van der Waals surface area contributed by atoms with Crippen LogP contribution < -0.4 is 5.32 Å². The van der Waals surface area contributed by atoms with Crippen molar-refractivity contribution in [1.29, 1.82) is 0 Å². The van der Waals surface area contributed by atoms with Crippen LogP contribution >= 0.6 is 24.0 Å². The van der Waals surface area contributed by atoms with E-state index in [1.54, 1.807) is 0 Å². The van der Waals surface area contributed by atoms with Gasteiger partial charge in [0, 0.05) is 49.8 Å². The van der Waals surface area contributed by atoms with Gasteiger partial charge in [-0.05, 0) is 56.3 Å². The first-order valence-electron chi connectivity index (χ1n) is 11.5. The van der Waals surface area contributed by atoms with Gasteiger partial charge in [0.05, 0.1) is 0 Å². The summed E-state index contributed by atoms with van der Waals surface area (Å²) in [5.74, 6) is 1.84. The number of nitrogens with one attached hydrogen (secondary N) is 2. The molecule has 1 aromatic heterocycles. The van der Waals surface area contributed by atoms with E-state index in [1.807, 2.05) is 0 Å². The second-order valence-electron chi connectivity index (χ2n) is 8.08. The number of aliphatic imine (C=N–C) groups is 1. The SMILES string of the molecule is CCNC(=NCCc1c[nH]c2c(CC)cccc12)N1CCC(CN(CC)CC)C1.I. The molecule has 2 heterocycles. The number of hydrogen-bond donors (Lipinski definition) is 2. The minimum absolute atomic E-state index is 0. The Kier molecular flexibility index (Phi) is 10.4. The summed E-state index contributed by atoms with van der Waals surface area (Å²) in [7, 11) is 0. The molecule has 0 amide bonds. The summed E-state index contributed by atoms with van der Waals surface area (Å²) < 4.78 is 0. The number of likely N-dealkylation sites (tertiary alicyclic amines) is 1. The molecule has 0 radical (unpaired) electrons. The fourth-order valence-corrected chi connectivity index (χ4v) is 4.51. The van der Waals surface area contributed by atoms with Gasteiger partial charge < -0.3 is 20.1 Å². The minimum atomic E-state index is 0. The normalized spacial score (nSPS) is 17.0. The van der Waals surface area contributed by atoms with Gasteiger partial charge in [-0.2, -0.15) is 0 Å². The van der Waals surface area contributed by atoms with Gasteiger partial charge in [0.25, 0.3) is 0 Å². The summed E-state index contributed by atoms with van der Waals surface area (Å²) in [6.07, 6.45) is 5.47. The smallest absolute Gasteiger partial charge is 0.193 e. The van der Waals surface area contributed by atoms with E-state index in [0.29, 0.717) is 0 Å². The number of hydrogen-bond acceptors (Lipinski definition) is 2. The van der Waals surface area contributed by atoms with Crippen molar-refractivity contribution in [2.75, 3.05) is 45.8 Å². The number of nitrogens with zero attached hydrogens (tertiary/aromatic N) is 3. The van der Waals surface area contributed by atoms with Crippen LogP contribution in [-0.4, -0.2) is 66.6 Å². The van der Waals surface area contributed by atoms with Crippen molar-refractivity contribution in [1.82, 2.24) is 20.1 Å². The minimum Gasteiger partial charge on any atom is -0.361 e. The fourth-order valence-electron chi connectivity index (χ4n) is 4.51. The van der Waals surface area contributed by atoms with Gasteiger partial charge in [-0.15, -0.1) is 24.0 Å². The van der Waals surface area contributed by atoms with E-state index in [1.165, 1.54) is 35.0 Å². The largest absolute Gasteiger partial charge is 0.361 e. The average Bonchev–Trinajstić information content (AvgIpc) is 3.38. The zero-order valence-corrected chi connectivity index (χ0v) is 21.5. The summed E-state index contributed by atoms with van der Waals surface area (Å²) in [6.45, 7) is 16.4. The molecule has 1 fully saturated rings. The van der Waals surface area contributed by atoms with E-state index in [9.17, 15) is 0 Å². The van der Waals surface area contributed by atoms with Crippen LogP contribution in [0.1, 0.15) is 45.2 Å². The fraction of sp³-hybridized carbons (Fsp3) is 0.625. The molecule has 2 N–H and O–H groups in total. The highest BCUT2D eigenvalue weighted by Gasteiger charge is 2.25. The predicted octanol–water partition coefficient (Wildman–Crippen LogP) is 4.52. The summed E-state index contributed by atoms with van der Waals surface area (Å²) >= 11 is 0. The molecule has 5 nitrogen and oxygen atoms in total. The van der Waals surface area contributed by atoms with Gasteiger partial charge in [0.2, 0.25) is 0 Å². The Labute approximate surface area is 199 Å². The van der Waals surface area contributed by atoms with Crippen LogP contribution in [0.3, 0.4) is 0 Å². The van der Waals surface area contributed by atoms with Gasteiger partial charge >= 0.3 is 0 Å². The first-order valence-corrected chi connectivity index (χ1v) is 11.5. The van der Waals surface area contributed by atoms with Gasteiger partial charge in [0.1, 0.15) is 0 Å². The van der Waals surface area contributed by atoms with Crippen molar-refractivity contribution in [2.24, 2.45) is 10.9 Å². The van der Waals surface area contributed by atoms with E-state index in [2.05, 4.69) is 72.2 Å².